The molecule has 0 unspecified atom stereocenters. The Morgan fingerprint density at radius 2 is 1.53 bits per heavy atom. The lowest BCUT2D eigenvalue weighted by Crippen LogP contribution is -2.46. The summed E-state index contributed by atoms with van der Waals surface area (Å²) in [6, 6.07) is 0. The van der Waals surface area contributed by atoms with E-state index in [-0.39, 0.29) is 5.60 Å². The Labute approximate surface area is 107 Å². The second-order valence-corrected chi connectivity index (χ2v) is 5.73. The Balaban J connectivity index is 1.72. The molecule has 1 rings (SSSR count). The maximum absolute atomic E-state index is 9.87. The lowest BCUT2D eigenvalue weighted by molar-refractivity contribution is -0.0311. The van der Waals surface area contributed by atoms with Gasteiger partial charge in [-0.1, -0.05) is 51.9 Å². The Bertz CT molecular complexity index is 178. The van der Waals surface area contributed by atoms with Gasteiger partial charge >= 0.3 is 0 Å². The first-order valence-corrected chi connectivity index (χ1v) is 7.70. The van der Waals surface area contributed by atoms with E-state index in [4.69, 9.17) is 0 Å². The van der Waals surface area contributed by atoms with Crippen LogP contribution >= 0.6 is 0 Å². The van der Waals surface area contributed by atoms with Crippen molar-refractivity contribution >= 4 is 0 Å². The summed E-state index contributed by atoms with van der Waals surface area (Å²) in [5, 5.41) is 13.3. The van der Waals surface area contributed by atoms with E-state index < -0.39 is 0 Å². The van der Waals surface area contributed by atoms with E-state index in [1.807, 2.05) is 0 Å². The molecule has 1 aliphatic carbocycles. The highest BCUT2D eigenvalue weighted by Gasteiger charge is 2.33. The van der Waals surface area contributed by atoms with E-state index in [0.717, 1.165) is 25.9 Å². The molecule has 0 aliphatic heterocycles. The Hall–Kier alpha value is -0.0800. The van der Waals surface area contributed by atoms with Gasteiger partial charge in [0.2, 0.25) is 0 Å². The van der Waals surface area contributed by atoms with Gasteiger partial charge in [0.15, 0.2) is 0 Å². The maximum atomic E-state index is 9.87. The molecule has 2 N–H and O–H groups in total. The molecular weight excluding hydrogens is 210 g/mol. The lowest BCUT2D eigenvalue weighted by Gasteiger charge is -2.36. The Morgan fingerprint density at radius 1 is 0.941 bits per heavy atom. The van der Waals surface area contributed by atoms with Crippen LogP contribution in [0.3, 0.4) is 0 Å². The minimum Gasteiger partial charge on any atom is -0.389 e. The van der Waals surface area contributed by atoms with Gasteiger partial charge in [0.1, 0.15) is 0 Å². The first-order valence-electron chi connectivity index (χ1n) is 7.70. The highest BCUT2D eigenvalue weighted by atomic mass is 16.3. The van der Waals surface area contributed by atoms with Gasteiger partial charge in [0, 0.05) is 6.54 Å². The fourth-order valence-corrected chi connectivity index (χ4v) is 2.47. The van der Waals surface area contributed by atoms with E-state index in [0.29, 0.717) is 0 Å². The van der Waals surface area contributed by atoms with Crippen molar-refractivity contribution in [3.8, 4) is 0 Å². The van der Waals surface area contributed by atoms with Gasteiger partial charge in [0.05, 0.1) is 5.60 Å². The van der Waals surface area contributed by atoms with Gasteiger partial charge in [-0.15, -0.1) is 0 Å². The van der Waals surface area contributed by atoms with E-state index in [1.54, 1.807) is 0 Å². The first-order chi connectivity index (χ1) is 8.27. The summed E-state index contributed by atoms with van der Waals surface area (Å²) in [5.41, 5.74) is -0.347. The molecule has 0 aromatic rings. The summed E-state index contributed by atoms with van der Waals surface area (Å²) < 4.78 is 0. The number of unbranched alkanes of at least 4 members (excludes halogenated alkanes) is 7. The van der Waals surface area contributed by atoms with Gasteiger partial charge in [-0.3, -0.25) is 0 Å². The molecule has 17 heavy (non-hydrogen) atoms. The summed E-state index contributed by atoms with van der Waals surface area (Å²) in [4.78, 5) is 0. The van der Waals surface area contributed by atoms with Crippen LogP contribution in [0.2, 0.25) is 0 Å². The molecule has 1 aliphatic rings. The highest BCUT2D eigenvalue weighted by molar-refractivity contribution is 4.89. The average Bonchev–Trinajstić information content (AvgIpc) is 2.29. The van der Waals surface area contributed by atoms with Crippen LogP contribution in [0.5, 0.6) is 0 Å². The zero-order valence-electron chi connectivity index (χ0n) is 11.6. The number of rotatable bonds is 11. The molecule has 0 bridgehead atoms. The molecule has 0 aromatic heterocycles. The first kappa shape index (κ1) is 15.0. The monoisotopic (exact) mass is 241 g/mol. The molecule has 0 spiro atoms. The number of aliphatic hydroxyl groups is 1. The second kappa shape index (κ2) is 8.93. The molecule has 2 nitrogen and oxygen atoms in total. The van der Waals surface area contributed by atoms with Crippen LogP contribution in [0.4, 0.5) is 0 Å². The summed E-state index contributed by atoms with van der Waals surface area (Å²) in [6.07, 6.45) is 14.2. The quantitative estimate of drug-likeness (QED) is 0.541. The van der Waals surface area contributed by atoms with Crippen molar-refractivity contribution in [2.45, 2.75) is 83.2 Å². The van der Waals surface area contributed by atoms with E-state index in [2.05, 4.69) is 12.2 Å². The molecule has 2 heteroatoms. The zero-order valence-corrected chi connectivity index (χ0v) is 11.6. The molecule has 1 fully saturated rings. The third-order valence-electron chi connectivity index (χ3n) is 3.95. The fraction of sp³-hybridized carbons (Fsp3) is 1.00. The van der Waals surface area contributed by atoms with Crippen LogP contribution in [0.1, 0.15) is 77.6 Å². The van der Waals surface area contributed by atoms with Crippen molar-refractivity contribution in [3.63, 3.8) is 0 Å². The largest absolute Gasteiger partial charge is 0.389 e. The molecule has 0 aromatic carbocycles. The average molecular weight is 241 g/mol. The molecule has 0 amide bonds. The van der Waals surface area contributed by atoms with Crippen LogP contribution in [0.15, 0.2) is 0 Å². The van der Waals surface area contributed by atoms with Crippen LogP contribution in [-0.4, -0.2) is 23.8 Å². The summed E-state index contributed by atoms with van der Waals surface area (Å²) in [6.45, 7) is 4.16. The van der Waals surface area contributed by atoms with Crippen LogP contribution < -0.4 is 5.32 Å². The smallest absolute Gasteiger partial charge is 0.0771 e. The van der Waals surface area contributed by atoms with E-state index >= 15 is 0 Å². The predicted octanol–water partition coefficient (Wildman–Crippen LogP) is 3.63. The minimum absolute atomic E-state index is 0.347. The van der Waals surface area contributed by atoms with E-state index in [9.17, 15) is 5.11 Å². The van der Waals surface area contributed by atoms with Crippen LogP contribution in [0.25, 0.3) is 0 Å². The van der Waals surface area contributed by atoms with Crippen molar-refractivity contribution in [1.82, 2.24) is 5.32 Å². The standard InChI is InChI=1S/C15H31NO/c1-2-3-4-5-6-7-8-9-13-16-14-15(17)11-10-12-15/h16-17H,2-14H2,1H3. The second-order valence-electron chi connectivity index (χ2n) is 5.73. The number of nitrogens with one attached hydrogen (secondary N) is 1. The normalized spacial score (nSPS) is 18.0. The van der Waals surface area contributed by atoms with Gasteiger partial charge in [-0.05, 0) is 32.2 Å². The molecular formula is C15H31NO. The zero-order chi connectivity index (χ0) is 12.4. The van der Waals surface area contributed by atoms with Crippen molar-refractivity contribution in [2.75, 3.05) is 13.1 Å². The van der Waals surface area contributed by atoms with Gasteiger partial charge in [0.25, 0.3) is 0 Å². The molecule has 0 atom stereocenters. The number of hydrogen-bond acceptors (Lipinski definition) is 2. The summed E-state index contributed by atoms with van der Waals surface area (Å²) in [7, 11) is 0. The molecule has 0 radical (unpaired) electrons. The maximum Gasteiger partial charge on any atom is 0.0771 e. The minimum atomic E-state index is -0.347. The molecule has 1 saturated carbocycles. The third kappa shape index (κ3) is 7.05. The van der Waals surface area contributed by atoms with Crippen molar-refractivity contribution in [2.24, 2.45) is 0 Å². The van der Waals surface area contributed by atoms with Crippen molar-refractivity contribution < 1.29 is 5.11 Å². The lowest BCUT2D eigenvalue weighted by atomic mass is 9.80. The van der Waals surface area contributed by atoms with Crippen LogP contribution in [0, 0.1) is 0 Å². The molecule has 0 saturated heterocycles. The Kier molecular flexibility index (Phi) is 7.87. The number of hydrogen-bond donors (Lipinski definition) is 2. The fourth-order valence-electron chi connectivity index (χ4n) is 2.47. The van der Waals surface area contributed by atoms with E-state index in [1.165, 1.54) is 57.8 Å². The van der Waals surface area contributed by atoms with Gasteiger partial charge in [-0.2, -0.15) is 0 Å². The molecule has 102 valence electrons. The van der Waals surface area contributed by atoms with Crippen LogP contribution in [-0.2, 0) is 0 Å². The van der Waals surface area contributed by atoms with Crippen molar-refractivity contribution in [1.29, 1.82) is 0 Å². The van der Waals surface area contributed by atoms with Gasteiger partial charge < -0.3 is 10.4 Å². The SMILES string of the molecule is CCCCCCCCCCNCC1(O)CCC1. The third-order valence-corrected chi connectivity index (χ3v) is 3.95. The van der Waals surface area contributed by atoms with Crippen molar-refractivity contribution in [3.05, 3.63) is 0 Å². The summed E-state index contributed by atoms with van der Waals surface area (Å²) >= 11 is 0. The predicted molar refractivity (Wildman–Crippen MR) is 74.3 cm³/mol. The Morgan fingerprint density at radius 3 is 2.06 bits per heavy atom. The van der Waals surface area contributed by atoms with Gasteiger partial charge in [-0.25, -0.2) is 0 Å². The summed E-state index contributed by atoms with van der Waals surface area (Å²) in [5.74, 6) is 0. The highest BCUT2D eigenvalue weighted by Crippen LogP contribution is 2.30. The topological polar surface area (TPSA) is 32.3 Å². The molecule has 0 heterocycles.